The van der Waals surface area contributed by atoms with Crippen molar-refractivity contribution in [1.82, 2.24) is 0 Å². The molecule has 82 valence electrons. The monoisotopic (exact) mass is 209 g/mol. The van der Waals surface area contributed by atoms with Gasteiger partial charge in [-0.15, -0.1) is 0 Å². The van der Waals surface area contributed by atoms with Gasteiger partial charge in [-0.3, -0.25) is 0 Å². The highest BCUT2D eigenvalue weighted by Crippen LogP contribution is 2.33. The topological polar surface area (TPSA) is 23.5 Å². The average molecular weight is 209 g/mol. The van der Waals surface area contributed by atoms with E-state index >= 15 is 0 Å². The van der Waals surface area contributed by atoms with Crippen molar-refractivity contribution in [3.63, 3.8) is 0 Å². The molecule has 0 spiro atoms. The molecular weight excluding hydrogens is 193 g/mol. The molecular formula is C12H16FNO. The van der Waals surface area contributed by atoms with E-state index in [1.807, 2.05) is 7.05 Å². The van der Waals surface area contributed by atoms with E-state index in [0.717, 1.165) is 12.8 Å². The number of likely N-dealkylation sites (N-methyl/N-ethyl adjacent to an activating group) is 1. The fourth-order valence-corrected chi connectivity index (χ4v) is 1.77. The molecule has 3 heteroatoms. The van der Waals surface area contributed by atoms with Gasteiger partial charge in [0.1, 0.15) is 5.82 Å². The lowest BCUT2D eigenvalue weighted by Gasteiger charge is -2.22. The van der Waals surface area contributed by atoms with E-state index in [1.54, 1.807) is 23.1 Å². The summed E-state index contributed by atoms with van der Waals surface area (Å²) < 4.78 is 13.4. The number of benzene rings is 1. The highest BCUT2D eigenvalue weighted by Gasteiger charge is 2.30. The van der Waals surface area contributed by atoms with Crippen LogP contribution in [0.2, 0.25) is 0 Å². The van der Waals surface area contributed by atoms with Crippen LogP contribution in [-0.2, 0) is 0 Å². The number of hydrogen-bond acceptors (Lipinski definition) is 2. The number of aliphatic hydroxyl groups excluding tert-OH is 1. The molecule has 0 aliphatic heterocycles. The number of rotatable bonds is 4. The molecule has 0 saturated heterocycles. The quantitative estimate of drug-likeness (QED) is 0.820. The zero-order valence-corrected chi connectivity index (χ0v) is 8.86. The molecule has 0 aromatic heterocycles. The maximum absolute atomic E-state index is 13.4. The Labute approximate surface area is 89.3 Å². The first-order valence-corrected chi connectivity index (χ1v) is 5.32. The van der Waals surface area contributed by atoms with Crippen LogP contribution in [0.15, 0.2) is 24.3 Å². The molecule has 1 fully saturated rings. The lowest BCUT2D eigenvalue weighted by Crippen LogP contribution is -2.30. The first-order valence-electron chi connectivity index (χ1n) is 5.32. The number of halogens is 1. The second kappa shape index (κ2) is 4.19. The van der Waals surface area contributed by atoms with Gasteiger partial charge in [0.05, 0.1) is 11.8 Å². The Bertz CT molecular complexity index is 338. The first-order chi connectivity index (χ1) is 7.18. The SMILES string of the molecule is CN(CC(O)C1CC1)c1ccccc1F. The van der Waals surface area contributed by atoms with Gasteiger partial charge in [0.15, 0.2) is 0 Å². The minimum atomic E-state index is -0.324. The summed E-state index contributed by atoms with van der Waals surface area (Å²) in [6.45, 7) is 0.506. The highest BCUT2D eigenvalue weighted by atomic mass is 19.1. The standard InChI is InChI=1S/C12H16FNO/c1-14(8-12(15)9-6-7-9)11-5-3-2-4-10(11)13/h2-5,9,12,15H,6-8H2,1H3. The van der Waals surface area contributed by atoms with E-state index < -0.39 is 0 Å². The Morgan fingerprint density at radius 2 is 2.13 bits per heavy atom. The molecule has 0 amide bonds. The van der Waals surface area contributed by atoms with Gasteiger partial charge in [0.2, 0.25) is 0 Å². The largest absolute Gasteiger partial charge is 0.391 e. The summed E-state index contributed by atoms with van der Waals surface area (Å²) in [5, 5.41) is 9.75. The van der Waals surface area contributed by atoms with Crippen molar-refractivity contribution in [3.05, 3.63) is 30.1 Å². The van der Waals surface area contributed by atoms with E-state index in [4.69, 9.17) is 0 Å². The highest BCUT2D eigenvalue weighted by molar-refractivity contribution is 5.46. The fourth-order valence-electron chi connectivity index (χ4n) is 1.77. The minimum absolute atomic E-state index is 0.233. The third kappa shape index (κ3) is 2.48. The number of aliphatic hydroxyl groups is 1. The smallest absolute Gasteiger partial charge is 0.146 e. The van der Waals surface area contributed by atoms with Crippen LogP contribution in [-0.4, -0.2) is 24.8 Å². The van der Waals surface area contributed by atoms with Gasteiger partial charge in [0, 0.05) is 13.6 Å². The minimum Gasteiger partial charge on any atom is -0.391 e. The third-order valence-corrected chi connectivity index (χ3v) is 2.89. The predicted molar refractivity (Wildman–Crippen MR) is 58.4 cm³/mol. The molecule has 1 aromatic carbocycles. The number of anilines is 1. The zero-order valence-electron chi connectivity index (χ0n) is 8.86. The summed E-state index contributed by atoms with van der Waals surface area (Å²) >= 11 is 0. The molecule has 1 aromatic rings. The summed E-state index contributed by atoms with van der Waals surface area (Å²) in [7, 11) is 1.81. The maximum atomic E-state index is 13.4. The molecule has 0 bridgehead atoms. The fraction of sp³-hybridized carbons (Fsp3) is 0.500. The van der Waals surface area contributed by atoms with Gasteiger partial charge in [0.25, 0.3) is 0 Å². The molecule has 1 saturated carbocycles. The number of nitrogens with zero attached hydrogens (tertiary/aromatic N) is 1. The van der Waals surface area contributed by atoms with E-state index in [9.17, 15) is 9.50 Å². The Morgan fingerprint density at radius 1 is 1.47 bits per heavy atom. The van der Waals surface area contributed by atoms with Gasteiger partial charge in [-0.1, -0.05) is 12.1 Å². The zero-order chi connectivity index (χ0) is 10.8. The van der Waals surface area contributed by atoms with Crippen LogP contribution in [0.1, 0.15) is 12.8 Å². The molecule has 0 heterocycles. The van der Waals surface area contributed by atoms with Crippen LogP contribution in [0.4, 0.5) is 10.1 Å². The lowest BCUT2D eigenvalue weighted by atomic mass is 10.2. The molecule has 2 nitrogen and oxygen atoms in total. The summed E-state index contributed by atoms with van der Waals surface area (Å²) in [5.74, 6) is 0.197. The molecule has 15 heavy (non-hydrogen) atoms. The Hall–Kier alpha value is -1.09. The van der Waals surface area contributed by atoms with Crippen molar-refractivity contribution in [3.8, 4) is 0 Å². The Kier molecular flexibility index (Phi) is 2.91. The van der Waals surface area contributed by atoms with Crippen molar-refractivity contribution in [2.45, 2.75) is 18.9 Å². The van der Waals surface area contributed by atoms with Crippen molar-refractivity contribution < 1.29 is 9.50 Å². The summed E-state index contributed by atoms with van der Waals surface area (Å²) in [6.07, 6.45) is 1.88. The molecule has 1 N–H and O–H groups in total. The summed E-state index contributed by atoms with van der Waals surface area (Å²) in [6, 6.07) is 6.65. The molecule has 2 rings (SSSR count). The average Bonchev–Trinajstić information content (AvgIpc) is 3.01. The van der Waals surface area contributed by atoms with Crippen LogP contribution in [0.3, 0.4) is 0 Å². The van der Waals surface area contributed by atoms with Crippen LogP contribution < -0.4 is 4.90 Å². The molecule has 0 radical (unpaired) electrons. The second-order valence-corrected chi connectivity index (χ2v) is 4.24. The first kappa shape index (κ1) is 10.4. The van der Waals surface area contributed by atoms with E-state index in [-0.39, 0.29) is 11.9 Å². The van der Waals surface area contributed by atoms with Crippen LogP contribution in [0.25, 0.3) is 0 Å². The Balaban J connectivity index is 2.00. The summed E-state index contributed by atoms with van der Waals surface area (Å²) in [5.41, 5.74) is 0.553. The van der Waals surface area contributed by atoms with E-state index in [2.05, 4.69) is 0 Å². The van der Waals surface area contributed by atoms with Gasteiger partial charge < -0.3 is 10.0 Å². The van der Waals surface area contributed by atoms with Crippen LogP contribution >= 0.6 is 0 Å². The summed E-state index contributed by atoms with van der Waals surface area (Å²) in [4.78, 5) is 1.78. The van der Waals surface area contributed by atoms with Gasteiger partial charge in [-0.2, -0.15) is 0 Å². The third-order valence-electron chi connectivity index (χ3n) is 2.89. The number of para-hydroxylation sites is 1. The van der Waals surface area contributed by atoms with Crippen LogP contribution in [0, 0.1) is 11.7 Å². The normalized spacial score (nSPS) is 17.5. The number of hydrogen-bond donors (Lipinski definition) is 1. The van der Waals surface area contributed by atoms with Crippen molar-refractivity contribution >= 4 is 5.69 Å². The van der Waals surface area contributed by atoms with Gasteiger partial charge >= 0.3 is 0 Å². The Morgan fingerprint density at radius 3 is 2.73 bits per heavy atom. The van der Waals surface area contributed by atoms with Crippen LogP contribution in [0.5, 0.6) is 0 Å². The van der Waals surface area contributed by atoms with Crippen molar-refractivity contribution in [2.24, 2.45) is 5.92 Å². The van der Waals surface area contributed by atoms with Crippen molar-refractivity contribution in [1.29, 1.82) is 0 Å². The van der Waals surface area contributed by atoms with Crippen molar-refractivity contribution in [2.75, 3.05) is 18.5 Å². The van der Waals surface area contributed by atoms with E-state index in [1.165, 1.54) is 6.07 Å². The van der Waals surface area contributed by atoms with Gasteiger partial charge in [-0.05, 0) is 30.9 Å². The molecule has 1 aliphatic rings. The van der Waals surface area contributed by atoms with E-state index in [0.29, 0.717) is 18.2 Å². The predicted octanol–water partition coefficient (Wildman–Crippen LogP) is 2.03. The lowest BCUT2D eigenvalue weighted by molar-refractivity contribution is 0.158. The molecule has 1 atom stereocenters. The molecule has 1 unspecified atom stereocenters. The maximum Gasteiger partial charge on any atom is 0.146 e. The second-order valence-electron chi connectivity index (χ2n) is 4.24. The molecule has 1 aliphatic carbocycles. The van der Waals surface area contributed by atoms with Gasteiger partial charge in [-0.25, -0.2) is 4.39 Å².